The third-order valence-corrected chi connectivity index (χ3v) is 5.11. The lowest BCUT2D eigenvalue weighted by molar-refractivity contribution is -0.274. The van der Waals surface area contributed by atoms with Gasteiger partial charge < -0.3 is 20.3 Å². The number of benzene rings is 2. The highest BCUT2D eigenvalue weighted by molar-refractivity contribution is 6.06. The lowest BCUT2D eigenvalue weighted by Gasteiger charge is -2.13. The van der Waals surface area contributed by atoms with Gasteiger partial charge in [0.2, 0.25) is 5.91 Å². The second-order valence-electron chi connectivity index (χ2n) is 7.34. The number of carbonyl (C=O) groups is 3. The molecule has 0 saturated carbocycles. The maximum absolute atomic E-state index is 14.9. The van der Waals surface area contributed by atoms with Crippen molar-refractivity contribution >= 4 is 28.7 Å². The predicted octanol–water partition coefficient (Wildman–Crippen LogP) is 3.69. The molecule has 12 heteroatoms. The molecular weight excluding hydrogens is 464 g/mol. The minimum Gasteiger partial charge on any atom is -0.505 e. The smallest absolute Gasteiger partial charge is 0.505 e. The van der Waals surface area contributed by atoms with E-state index < -0.39 is 53.9 Å². The number of phenols is 1. The highest BCUT2D eigenvalue weighted by atomic mass is 19.4. The number of ether oxygens (including phenoxy) is 1. The summed E-state index contributed by atoms with van der Waals surface area (Å²) in [4.78, 5) is 36.5. The van der Waals surface area contributed by atoms with Crippen LogP contribution in [0.2, 0.25) is 0 Å². The third kappa shape index (κ3) is 4.80. The standard InChI is InChI=1S/C22H18F4N2O6/c1-10(20(32)27-9-16(30)31)17-11(2)28(14-7-8-15(29)19(23)18(14)17)21(33)12-3-5-13(6-4-12)34-22(24,25)26/h3-8,10,29H,9H2,1-2H3,(H,27,32)(H,30,31)/t10-/m1/s1. The molecule has 8 nitrogen and oxygen atoms in total. The van der Waals surface area contributed by atoms with Gasteiger partial charge in [-0.05, 0) is 55.8 Å². The van der Waals surface area contributed by atoms with Crippen molar-refractivity contribution < 1.29 is 46.9 Å². The highest BCUT2D eigenvalue weighted by Crippen LogP contribution is 2.37. The molecular formula is C22H18F4N2O6. The minimum atomic E-state index is -4.91. The van der Waals surface area contributed by atoms with Crippen molar-refractivity contribution in [2.24, 2.45) is 0 Å². The zero-order valence-corrected chi connectivity index (χ0v) is 17.7. The van der Waals surface area contributed by atoms with Crippen LogP contribution in [0.1, 0.15) is 34.5 Å². The van der Waals surface area contributed by atoms with Gasteiger partial charge in [0.15, 0.2) is 11.6 Å². The van der Waals surface area contributed by atoms with Gasteiger partial charge in [-0.25, -0.2) is 4.39 Å². The molecule has 0 aliphatic rings. The number of hydrogen-bond donors (Lipinski definition) is 3. The zero-order valence-electron chi connectivity index (χ0n) is 17.7. The lowest BCUT2D eigenvalue weighted by Crippen LogP contribution is -2.32. The fourth-order valence-corrected chi connectivity index (χ4v) is 3.65. The fourth-order valence-electron chi connectivity index (χ4n) is 3.65. The molecule has 0 radical (unpaired) electrons. The van der Waals surface area contributed by atoms with Crippen molar-refractivity contribution in [1.82, 2.24) is 9.88 Å². The number of amides is 1. The van der Waals surface area contributed by atoms with Crippen LogP contribution in [-0.2, 0) is 9.59 Å². The first-order valence-corrected chi connectivity index (χ1v) is 9.74. The van der Waals surface area contributed by atoms with Crippen molar-refractivity contribution in [2.45, 2.75) is 26.1 Å². The molecule has 0 unspecified atom stereocenters. The molecule has 3 N–H and O–H groups in total. The molecule has 1 heterocycles. The number of aromatic nitrogens is 1. The van der Waals surface area contributed by atoms with Crippen LogP contribution in [-0.4, -0.2) is 45.5 Å². The van der Waals surface area contributed by atoms with E-state index in [1.54, 1.807) is 0 Å². The minimum absolute atomic E-state index is 0.00121. The van der Waals surface area contributed by atoms with Crippen LogP contribution in [0.4, 0.5) is 17.6 Å². The van der Waals surface area contributed by atoms with Crippen LogP contribution >= 0.6 is 0 Å². The van der Waals surface area contributed by atoms with Crippen molar-refractivity contribution in [1.29, 1.82) is 0 Å². The second kappa shape index (κ2) is 9.04. The summed E-state index contributed by atoms with van der Waals surface area (Å²) in [5.74, 6) is -6.27. The van der Waals surface area contributed by atoms with Gasteiger partial charge >= 0.3 is 12.3 Å². The lowest BCUT2D eigenvalue weighted by atomic mass is 9.96. The molecule has 3 rings (SSSR count). The van der Waals surface area contributed by atoms with Gasteiger partial charge in [-0.3, -0.25) is 19.0 Å². The summed E-state index contributed by atoms with van der Waals surface area (Å²) in [6.45, 7) is 2.12. The Morgan fingerprint density at radius 1 is 1.12 bits per heavy atom. The molecule has 1 aromatic heterocycles. The molecule has 34 heavy (non-hydrogen) atoms. The molecule has 0 spiro atoms. The molecule has 0 bridgehead atoms. The van der Waals surface area contributed by atoms with E-state index in [0.717, 1.165) is 34.9 Å². The van der Waals surface area contributed by atoms with Crippen molar-refractivity contribution in [3.8, 4) is 11.5 Å². The van der Waals surface area contributed by atoms with Crippen molar-refractivity contribution in [2.75, 3.05) is 6.54 Å². The average molecular weight is 482 g/mol. The number of carboxylic acids is 1. The van der Waals surface area contributed by atoms with Crippen LogP contribution in [0.5, 0.6) is 11.5 Å². The van der Waals surface area contributed by atoms with Gasteiger partial charge in [0.1, 0.15) is 12.3 Å². The van der Waals surface area contributed by atoms with Gasteiger partial charge in [0, 0.05) is 16.6 Å². The third-order valence-electron chi connectivity index (χ3n) is 5.11. The number of carboxylic acid groups (broad SMARTS) is 1. The number of rotatable bonds is 6. The van der Waals surface area contributed by atoms with Gasteiger partial charge in [-0.15, -0.1) is 13.2 Å². The van der Waals surface area contributed by atoms with E-state index in [2.05, 4.69) is 10.1 Å². The summed E-state index contributed by atoms with van der Waals surface area (Å²) < 4.78 is 57.0. The first-order chi connectivity index (χ1) is 15.8. The quantitative estimate of drug-likeness (QED) is 0.462. The molecule has 0 aliphatic heterocycles. The number of halogens is 4. The Kier molecular flexibility index (Phi) is 6.53. The van der Waals surface area contributed by atoms with Crippen molar-refractivity contribution in [3.05, 3.63) is 59.0 Å². The van der Waals surface area contributed by atoms with E-state index in [9.17, 15) is 37.1 Å². The normalized spacial score (nSPS) is 12.4. The Labute approximate surface area is 189 Å². The number of aliphatic carboxylic acids is 1. The number of carbonyl (C=O) groups excluding carboxylic acids is 2. The van der Waals surface area contributed by atoms with Gasteiger partial charge in [0.05, 0.1) is 11.4 Å². The maximum Gasteiger partial charge on any atom is 0.573 e. The van der Waals surface area contributed by atoms with Gasteiger partial charge in [-0.2, -0.15) is 0 Å². The first kappa shape index (κ1) is 24.6. The van der Waals surface area contributed by atoms with E-state index in [-0.39, 0.29) is 27.7 Å². The molecule has 1 amide bonds. The largest absolute Gasteiger partial charge is 0.573 e. The van der Waals surface area contributed by atoms with Crippen LogP contribution in [0.25, 0.3) is 10.9 Å². The summed E-state index contributed by atoms with van der Waals surface area (Å²) in [5, 5.41) is 20.6. The van der Waals surface area contributed by atoms with Crippen LogP contribution in [0.15, 0.2) is 36.4 Å². The summed E-state index contributed by atoms with van der Waals surface area (Å²) >= 11 is 0. The number of fused-ring (bicyclic) bond motifs is 1. The predicted molar refractivity (Wildman–Crippen MR) is 110 cm³/mol. The van der Waals surface area contributed by atoms with Crippen LogP contribution < -0.4 is 10.1 Å². The summed E-state index contributed by atoms with van der Waals surface area (Å²) in [5.41, 5.74) is 0.105. The van der Waals surface area contributed by atoms with Crippen LogP contribution in [0.3, 0.4) is 0 Å². The number of phenolic OH excluding ortho intramolecular Hbond substituents is 1. The molecule has 0 fully saturated rings. The Morgan fingerprint density at radius 3 is 2.29 bits per heavy atom. The van der Waals surface area contributed by atoms with Crippen molar-refractivity contribution in [3.63, 3.8) is 0 Å². The summed E-state index contributed by atoms with van der Waals surface area (Å²) in [6, 6.07) is 6.33. The number of nitrogens with one attached hydrogen (secondary N) is 1. The molecule has 3 aromatic rings. The molecule has 180 valence electrons. The number of nitrogens with zero attached hydrogens (tertiary/aromatic N) is 1. The topological polar surface area (TPSA) is 118 Å². The summed E-state index contributed by atoms with van der Waals surface area (Å²) in [7, 11) is 0. The molecule has 2 aromatic carbocycles. The maximum atomic E-state index is 14.9. The monoisotopic (exact) mass is 482 g/mol. The zero-order chi connectivity index (χ0) is 25.4. The number of aromatic hydroxyl groups is 1. The SMILES string of the molecule is Cc1c([C@@H](C)C(=O)NCC(=O)O)c2c(F)c(O)ccc2n1C(=O)c1ccc(OC(F)(F)F)cc1. The Morgan fingerprint density at radius 2 is 1.74 bits per heavy atom. The van der Waals surface area contributed by atoms with E-state index >= 15 is 0 Å². The number of alkyl halides is 3. The Hall–Kier alpha value is -4.09. The Balaban J connectivity index is 2.11. The van der Waals surface area contributed by atoms with E-state index in [4.69, 9.17) is 5.11 Å². The molecule has 0 aliphatic carbocycles. The second-order valence-corrected chi connectivity index (χ2v) is 7.34. The van der Waals surface area contributed by atoms with E-state index in [1.165, 1.54) is 19.9 Å². The van der Waals surface area contributed by atoms with Gasteiger partial charge in [-0.1, -0.05) is 0 Å². The summed E-state index contributed by atoms with van der Waals surface area (Å²) in [6.07, 6.45) is -4.91. The van der Waals surface area contributed by atoms with Crippen LogP contribution in [0, 0.1) is 12.7 Å². The van der Waals surface area contributed by atoms with Gasteiger partial charge in [0.25, 0.3) is 5.91 Å². The first-order valence-electron chi connectivity index (χ1n) is 9.74. The van der Waals surface area contributed by atoms with E-state index in [1.807, 2.05) is 0 Å². The molecule has 0 saturated heterocycles. The van der Waals surface area contributed by atoms with E-state index in [0.29, 0.717) is 0 Å². The fraction of sp³-hybridized carbons (Fsp3) is 0.227. The molecule has 1 atom stereocenters. The number of hydrogen-bond acceptors (Lipinski definition) is 5. The Bertz CT molecular complexity index is 1280. The highest BCUT2D eigenvalue weighted by Gasteiger charge is 2.32. The average Bonchev–Trinajstić information content (AvgIpc) is 3.05.